The number of aromatic nitrogens is 2. The summed E-state index contributed by atoms with van der Waals surface area (Å²) in [6.45, 7) is 9.37. The minimum atomic E-state index is -0.142. The van der Waals surface area contributed by atoms with E-state index in [1.54, 1.807) is 0 Å². The van der Waals surface area contributed by atoms with Gasteiger partial charge >= 0.3 is 0 Å². The minimum Gasteiger partial charge on any atom is -0.483 e. The molecule has 0 radical (unpaired) electrons. The predicted octanol–water partition coefficient (Wildman–Crippen LogP) is 5.79. The molecule has 0 aliphatic rings. The molecule has 0 saturated carbocycles. The summed E-state index contributed by atoms with van der Waals surface area (Å²) in [7, 11) is 0. The summed E-state index contributed by atoms with van der Waals surface area (Å²) in [6.07, 6.45) is -0.142. The Balaban J connectivity index is 1.96. The molecule has 0 bridgehead atoms. The van der Waals surface area contributed by atoms with Crippen molar-refractivity contribution in [1.29, 1.82) is 0 Å². The van der Waals surface area contributed by atoms with E-state index in [9.17, 15) is 0 Å². The molecule has 1 aromatic heterocycles. The Morgan fingerprint density at radius 3 is 2.58 bits per heavy atom. The van der Waals surface area contributed by atoms with Gasteiger partial charge in [-0.15, -0.1) is 0 Å². The van der Waals surface area contributed by atoms with Gasteiger partial charge in [0.25, 0.3) is 0 Å². The van der Waals surface area contributed by atoms with Crippen molar-refractivity contribution in [3.8, 4) is 5.75 Å². The minimum absolute atomic E-state index is 0.142. The first-order valence-electron chi connectivity index (χ1n) is 8.33. The highest BCUT2D eigenvalue weighted by atomic mass is 35.5. The molecule has 1 atom stereocenters. The smallest absolute Gasteiger partial charge is 0.153 e. The van der Waals surface area contributed by atoms with E-state index in [1.165, 1.54) is 0 Å². The van der Waals surface area contributed by atoms with Crippen LogP contribution in [0.4, 0.5) is 0 Å². The molecule has 0 saturated heterocycles. The van der Waals surface area contributed by atoms with Gasteiger partial charge in [-0.25, -0.2) is 4.98 Å². The summed E-state index contributed by atoms with van der Waals surface area (Å²) in [5.74, 6) is 2.30. The fraction of sp³-hybridized carbons (Fsp3) is 0.350. The van der Waals surface area contributed by atoms with Crippen molar-refractivity contribution in [3.05, 3.63) is 58.9 Å². The first-order chi connectivity index (χ1) is 11.5. The summed E-state index contributed by atoms with van der Waals surface area (Å²) >= 11 is 6.10. The Morgan fingerprint density at radius 2 is 1.88 bits per heavy atom. The SMILES string of the molecule is Cc1cc(OC(C)c2nc3ccccc3n2CC(C)C)ccc1Cl. The number of nitrogens with zero attached hydrogens (tertiary/aromatic N) is 2. The topological polar surface area (TPSA) is 27.1 Å². The van der Waals surface area contributed by atoms with Crippen LogP contribution in [0.5, 0.6) is 5.75 Å². The zero-order chi connectivity index (χ0) is 17.3. The number of imidazole rings is 1. The Hall–Kier alpha value is -2.00. The van der Waals surface area contributed by atoms with Crippen molar-refractivity contribution in [2.45, 2.75) is 40.3 Å². The molecular weight excluding hydrogens is 320 g/mol. The molecule has 0 N–H and O–H groups in total. The number of aryl methyl sites for hydroxylation is 1. The molecule has 1 heterocycles. The molecule has 0 spiro atoms. The van der Waals surface area contributed by atoms with Crippen LogP contribution >= 0.6 is 11.6 Å². The number of fused-ring (bicyclic) bond motifs is 1. The van der Waals surface area contributed by atoms with Crippen LogP contribution in [0.2, 0.25) is 5.02 Å². The van der Waals surface area contributed by atoms with Crippen molar-refractivity contribution in [3.63, 3.8) is 0 Å². The lowest BCUT2D eigenvalue weighted by Crippen LogP contribution is -2.14. The summed E-state index contributed by atoms with van der Waals surface area (Å²) in [6, 6.07) is 14.0. The fourth-order valence-electron chi connectivity index (χ4n) is 2.91. The van der Waals surface area contributed by atoms with E-state index in [-0.39, 0.29) is 6.10 Å². The summed E-state index contributed by atoms with van der Waals surface area (Å²) in [5, 5.41) is 0.752. The van der Waals surface area contributed by atoms with E-state index >= 15 is 0 Å². The predicted molar refractivity (Wildman–Crippen MR) is 99.8 cm³/mol. The summed E-state index contributed by atoms with van der Waals surface area (Å²) < 4.78 is 8.42. The monoisotopic (exact) mass is 342 g/mol. The highest BCUT2D eigenvalue weighted by molar-refractivity contribution is 6.31. The number of para-hydroxylation sites is 2. The van der Waals surface area contributed by atoms with Crippen molar-refractivity contribution < 1.29 is 4.74 Å². The first-order valence-corrected chi connectivity index (χ1v) is 8.71. The molecule has 2 aromatic carbocycles. The van der Waals surface area contributed by atoms with Crippen LogP contribution in [0.15, 0.2) is 42.5 Å². The molecule has 3 aromatic rings. The van der Waals surface area contributed by atoms with Gasteiger partial charge in [0.15, 0.2) is 11.9 Å². The van der Waals surface area contributed by atoms with E-state index in [2.05, 4.69) is 36.6 Å². The molecule has 0 amide bonds. The van der Waals surface area contributed by atoms with Gasteiger partial charge in [-0.05, 0) is 55.7 Å². The van der Waals surface area contributed by atoms with Gasteiger partial charge in [-0.2, -0.15) is 0 Å². The Kier molecular flexibility index (Phi) is 4.81. The lowest BCUT2D eigenvalue weighted by molar-refractivity contribution is 0.210. The maximum Gasteiger partial charge on any atom is 0.153 e. The van der Waals surface area contributed by atoms with Gasteiger partial charge < -0.3 is 9.30 Å². The highest BCUT2D eigenvalue weighted by Crippen LogP contribution is 2.28. The molecule has 1 unspecified atom stereocenters. The third-order valence-corrected chi connectivity index (χ3v) is 4.46. The molecule has 4 heteroatoms. The average molecular weight is 343 g/mol. The van der Waals surface area contributed by atoms with Crippen molar-refractivity contribution in [2.75, 3.05) is 0 Å². The number of hydrogen-bond acceptors (Lipinski definition) is 2. The highest BCUT2D eigenvalue weighted by Gasteiger charge is 2.18. The van der Waals surface area contributed by atoms with Crippen LogP contribution in [0, 0.1) is 12.8 Å². The fourth-order valence-corrected chi connectivity index (χ4v) is 3.03. The molecule has 24 heavy (non-hydrogen) atoms. The van der Waals surface area contributed by atoms with Crippen LogP contribution in [-0.4, -0.2) is 9.55 Å². The second-order valence-corrected chi connectivity index (χ2v) is 7.04. The summed E-state index contributed by atoms with van der Waals surface area (Å²) in [5.41, 5.74) is 3.18. The zero-order valence-corrected chi connectivity index (χ0v) is 15.3. The quantitative estimate of drug-likeness (QED) is 0.586. The molecular formula is C20H23ClN2O. The van der Waals surface area contributed by atoms with Gasteiger partial charge in [0.2, 0.25) is 0 Å². The largest absolute Gasteiger partial charge is 0.483 e. The molecule has 0 aliphatic heterocycles. The maximum atomic E-state index is 6.15. The number of halogens is 1. The van der Waals surface area contributed by atoms with Crippen LogP contribution in [-0.2, 0) is 6.54 Å². The average Bonchev–Trinajstić information content (AvgIpc) is 2.89. The zero-order valence-electron chi connectivity index (χ0n) is 14.6. The molecule has 0 aliphatic carbocycles. The Labute approximate surface area is 148 Å². The van der Waals surface area contributed by atoms with E-state index in [1.807, 2.05) is 38.1 Å². The van der Waals surface area contributed by atoms with Crippen LogP contribution in [0.25, 0.3) is 11.0 Å². The van der Waals surface area contributed by atoms with Crippen LogP contribution in [0.3, 0.4) is 0 Å². The van der Waals surface area contributed by atoms with Crippen LogP contribution < -0.4 is 4.74 Å². The van der Waals surface area contributed by atoms with E-state index in [0.29, 0.717) is 5.92 Å². The maximum absolute atomic E-state index is 6.15. The molecule has 3 nitrogen and oxygen atoms in total. The normalized spacial score (nSPS) is 12.8. The first kappa shape index (κ1) is 16.8. The molecule has 126 valence electrons. The van der Waals surface area contributed by atoms with Crippen LogP contribution in [0.1, 0.15) is 38.3 Å². The third kappa shape index (κ3) is 3.41. The van der Waals surface area contributed by atoms with Crippen molar-refractivity contribution >= 4 is 22.6 Å². The third-order valence-electron chi connectivity index (χ3n) is 4.04. The Bertz CT molecular complexity index is 854. The number of hydrogen-bond donors (Lipinski definition) is 0. The van der Waals surface area contributed by atoms with Gasteiger partial charge in [-0.1, -0.05) is 37.6 Å². The van der Waals surface area contributed by atoms with Gasteiger partial charge in [0.1, 0.15) is 5.75 Å². The van der Waals surface area contributed by atoms with Gasteiger partial charge in [0, 0.05) is 11.6 Å². The lowest BCUT2D eigenvalue weighted by Gasteiger charge is -2.18. The van der Waals surface area contributed by atoms with E-state index < -0.39 is 0 Å². The Morgan fingerprint density at radius 1 is 1.12 bits per heavy atom. The van der Waals surface area contributed by atoms with Crippen molar-refractivity contribution in [2.24, 2.45) is 5.92 Å². The lowest BCUT2D eigenvalue weighted by atomic mass is 10.2. The van der Waals surface area contributed by atoms with Gasteiger partial charge in [-0.3, -0.25) is 0 Å². The second-order valence-electron chi connectivity index (χ2n) is 6.63. The molecule has 3 rings (SSSR count). The second kappa shape index (κ2) is 6.86. The molecule has 0 fully saturated rings. The number of rotatable bonds is 5. The van der Waals surface area contributed by atoms with E-state index in [4.69, 9.17) is 21.3 Å². The standard InChI is InChI=1S/C20H23ClN2O/c1-13(2)12-23-19-8-6-5-7-18(19)22-20(23)15(4)24-16-9-10-17(21)14(3)11-16/h5-11,13,15H,12H2,1-4H3. The number of benzene rings is 2. The van der Waals surface area contributed by atoms with Crippen molar-refractivity contribution in [1.82, 2.24) is 9.55 Å². The number of ether oxygens (including phenoxy) is 1. The van der Waals surface area contributed by atoms with E-state index in [0.717, 1.165) is 39.7 Å². The summed E-state index contributed by atoms with van der Waals surface area (Å²) in [4.78, 5) is 4.81. The van der Waals surface area contributed by atoms with Gasteiger partial charge in [0.05, 0.1) is 11.0 Å².